The Labute approximate surface area is 63.6 Å². The lowest BCUT2D eigenvalue weighted by molar-refractivity contribution is -0.114. The number of carbonyl (C=O) groups excluding carboxylic acids is 1. The molecule has 1 heterocycles. The molecule has 0 aromatic rings. The predicted octanol–water partition coefficient (Wildman–Crippen LogP) is -1.07. The minimum absolute atomic E-state index is 0.0255. The van der Waals surface area contributed by atoms with Gasteiger partial charge in [0.05, 0.1) is 6.10 Å². The van der Waals surface area contributed by atoms with E-state index in [4.69, 9.17) is 10.5 Å². The number of hydrogen-bond acceptors (Lipinski definition) is 3. The van der Waals surface area contributed by atoms with Gasteiger partial charge in [-0.1, -0.05) is 0 Å². The zero-order valence-electron chi connectivity index (χ0n) is 5.86. The summed E-state index contributed by atoms with van der Waals surface area (Å²) in [7, 11) is 0. The van der Waals surface area contributed by atoms with Gasteiger partial charge >= 0.3 is 0 Å². The Bertz CT molecular complexity index is 236. The minimum atomic E-state index is -0.642. The van der Waals surface area contributed by atoms with Crippen molar-refractivity contribution in [2.75, 3.05) is 0 Å². The van der Waals surface area contributed by atoms with Crippen LogP contribution in [0.2, 0.25) is 0 Å². The van der Waals surface area contributed by atoms with Gasteiger partial charge in [0.25, 0.3) is 0 Å². The van der Waals surface area contributed by atoms with E-state index >= 15 is 0 Å². The average molecular weight is 155 g/mol. The van der Waals surface area contributed by atoms with Crippen molar-refractivity contribution in [1.29, 1.82) is 0 Å². The summed E-state index contributed by atoms with van der Waals surface area (Å²) in [6.45, 7) is 0. The van der Waals surface area contributed by atoms with E-state index in [-0.39, 0.29) is 12.2 Å². The van der Waals surface area contributed by atoms with Gasteiger partial charge in [-0.2, -0.15) is 0 Å². The number of nitrogens with two attached hydrogens (primary N) is 1. The molecule has 1 aliphatic carbocycles. The number of hydrogen-bond donors (Lipinski definition) is 2. The van der Waals surface area contributed by atoms with Crippen molar-refractivity contribution in [3.05, 3.63) is 11.6 Å². The van der Waals surface area contributed by atoms with Gasteiger partial charge in [-0.05, 0) is 6.08 Å². The lowest BCUT2D eigenvalue weighted by Gasteiger charge is -2.09. The molecule has 1 aliphatic heterocycles. The number of rotatable bonds is 1. The van der Waals surface area contributed by atoms with Crippen LogP contribution in [0.5, 0.6) is 0 Å². The second-order valence-electron chi connectivity index (χ2n) is 2.89. The number of carbonyl (C=O) groups is 1. The molecule has 0 aromatic carbocycles. The smallest absolute Gasteiger partial charge is 0.244 e. The van der Waals surface area contributed by atoms with E-state index in [1.807, 2.05) is 0 Å². The third-order valence-corrected chi connectivity index (χ3v) is 2.07. The molecule has 0 saturated carbocycles. The second-order valence-corrected chi connectivity index (χ2v) is 2.89. The van der Waals surface area contributed by atoms with Crippen LogP contribution < -0.4 is 5.73 Å². The summed E-state index contributed by atoms with van der Waals surface area (Å²) < 4.78 is 5.06. The van der Waals surface area contributed by atoms with Gasteiger partial charge < -0.3 is 15.6 Å². The summed E-state index contributed by atoms with van der Waals surface area (Å²) in [6, 6.07) is 0. The summed E-state index contributed by atoms with van der Waals surface area (Å²) >= 11 is 0. The summed E-state index contributed by atoms with van der Waals surface area (Å²) in [5, 5.41) is 9.23. The Kier molecular flexibility index (Phi) is 1.27. The molecule has 0 radical (unpaired) electrons. The number of primary amides is 1. The Balaban J connectivity index is 2.17. The van der Waals surface area contributed by atoms with Crippen LogP contribution in [0.4, 0.5) is 0 Å². The van der Waals surface area contributed by atoms with E-state index in [9.17, 15) is 9.90 Å². The number of epoxide rings is 1. The number of aliphatic hydroxyl groups is 1. The Morgan fingerprint density at radius 2 is 2.55 bits per heavy atom. The van der Waals surface area contributed by atoms with E-state index in [0.29, 0.717) is 12.0 Å². The molecular formula is C7H9NO3. The monoisotopic (exact) mass is 155 g/mol. The number of amides is 1. The number of ether oxygens (including phenoxy) is 1. The highest BCUT2D eigenvalue weighted by Gasteiger charge is 2.47. The maximum absolute atomic E-state index is 10.7. The quantitative estimate of drug-likeness (QED) is 0.473. The molecule has 11 heavy (non-hydrogen) atoms. The van der Waals surface area contributed by atoms with Gasteiger partial charge in [0.2, 0.25) is 5.91 Å². The van der Waals surface area contributed by atoms with Crippen LogP contribution in [-0.4, -0.2) is 29.3 Å². The van der Waals surface area contributed by atoms with E-state index in [1.165, 1.54) is 6.08 Å². The van der Waals surface area contributed by atoms with Crippen LogP contribution in [-0.2, 0) is 9.53 Å². The molecule has 2 aliphatic rings. The SMILES string of the molecule is NC(=O)C1=C[C@H](O)C2OC2C1. The first kappa shape index (κ1) is 6.82. The van der Waals surface area contributed by atoms with Crippen LogP contribution in [0.1, 0.15) is 6.42 Å². The zero-order chi connectivity index (χ0) is 8.01. The van der Waals surface area contributed by atoms with Crippen molar-refractivity contribution in [2.24, 2.45) is 5.73 Å². The van der Waals surface area contributed by atoms with Crippen molar-refractivity contribution in [3.63, 3.8) is 0 Å². The molecule has 60 valence electrons. The molecule has 3 atom stereocenters. The first-order valence-corrected chi connectivity index (χ1v) is 3.52. The van der Waals surface area contributed by atoms with Gasteiger partial charge in [-0.25, -0.2) is 0 Å². The molecule has 4 heteroatoms. The second kappa shape index (κ2) is 2.06. The Morgan fingerprint density at radius 3 is 3.09 bits per heavy atom. The van der Waals surface area contributed by atoms with Crippen LogP contribution in [0.15, 0.2) is 11.6 Å². The van der Waals surface area contributed by atoms with Gasteiger partial charge in [0.15, 0.2) is 0 Å². The highest BCUT2D eigenvalue weighted by atomic mass is 16.6. The normalized spacial score (nSPS) is 40.8. The van der Waals surface area contributed by atoms with Gasteiger partial charge in [0.1, 0.15) is 12.2 Å². The topological polar surface area (TPSA) is 75.9 Å². The predicted molar refractivity (Wildman–Crippen MR) is 36.6 cm³/mol. The fourth-order valence-electron chi connectivity index (χ4n) is 1.39. The van der Waals surface area contributed by atoms with Crippen LogP contribution in [0.25, 0.3) is 0 Å². The summed E-state index contributed by atoms with van der Waals surface area (Å²) in [5.41, 5.74) is 5.52. The lowest BCUT2D eigenvalue weighted by atomic mass is 9.97. The van der Waals surface area contributed by atoms with Crippen molar-refractivity contribution >= 4 is 5.91 Å². The van der Waals surface area contributed by atoms with E-state index in [2.05, 4.69) is 0 Å². The fourth-order valence-corrected chi connectivity index (χ4v) is 1.39. The van der Waals surface area contributed by atoms with Gasteiger partial charge in [-0.3, -0.25) is 4.79 Å². The highest BCUT2D eigenvalue weighted by molar-refractivity contribution is 5.92. The van der Waals surface area contributed by atoms with E-state index in [0.717, 1.165) is 0 Å². The molecule has 3 N–H and O–H groups in total. The summed E-state index contributed by atoms with van der Waals surface area (Å²) in [6.07, 6.45) is 1.33. The zero-order valence-corrected chi connectivity index (χ0v) is 5.86. The summed E-state index contributed by atoms with van der Waals surface area (Å²) in [5.74, 6) is -0.460. The van der Waals surface area contributed by atoms with Crippen LogP contribution in [0.3, 0.4) is 0 Å². The van der Waals surface area contributed by atoms with Gasteiger partial charge in [0, 0.05) is 12.0 Å². The molecule has 1 saturated heterocycles. The minimum Gasteiger partial charge on any atom is -0.386 e. The van der Waals surface area contributed by atoms with Crippen molar-refractivity contribution in [1.82, 2.24) is 0 Å². The maximum Gasteiger partial charge on any atom is 0.244 e. The largest absolute Gasteiger partial charge is 0.386 e. The van der Waals surface area contributed by atoms with Crippen molar-refractivity contribution in [3.8, 4) is 0 Å². The molecule has 4 nitrogen and oxygen atoms in total. The lowest BCUT2D eigenvalue weighted by Crippen LogP contribution is -2.25. The van der Waals surface area contributed by atoms with Crippen molar-refractivity contribution < 1.29 is 14.6 Å². The number of fused-ring (bicyclic) bond motifs is 1. The standard InChI is InChI=1S/C7H9NO3/c8-7(10)3-1-4(9)6-5(2-3)11-6/h1,4-6,9H,2H2,(H2,8,10)/t4-,5?,6?/m0/s1. The molecule has 1 amide bonds. The Hall–Kier alpha value is -0.870. The average Bonchev–Trinajstić information content (AvgIpc) is 2.66. The first-order valence-electron chi connectivity index (χ1n) is 3.52. The molecule has 1 fully saturated rings. The molecule has 0 aromatic heterocycles. The van der Waals surface area contributed by atoms with Crippen LogP contribution in [0, 0.1) is 0 Å². The number of aliphatic hydroxyl groups excluding tert-OH is 1. The first-order chi connectivity index (χ1) is 5.18. The molecule has 2 unspecified atom stereocenters. The molecule has 0 spiro atoms. The van der Waals surface area contributed by atoms with Crippen molar-refractivity contribution in [2.45, 2.75) is 24.7 Å². The third-order valence-electron chi connectivity index (χ3n) is 2.07. The fraction of sp³-hybridized carbons (Fsp3) is 0.571. The summed E-state index contributed by atoms with van der Waals surface area (Å²) in [4.78, 5) is 10.7. The molecule has 0 bridgehead atoms. The molecule has 2 rings (SSSR count). The Morgan fingerprint density at radius 1 is 1.82 bits per heavy atom. The molecular weight excluding hydrogens is 146 g/mol. The highest BCUT2D eigenvalue weighted by Crippen LogP contribution is 2.35. The van der Waals surface area contributed by atoms with E-state index in [1.54, 1.807) is 0 Å². The van der Waals surface area contributed by atoms with Gasteiger partial charge in [-0.15, -0.1) is 0 Å². The van der Waals surface area contributed by atoms with E-state index < -0.39 is 12.0 Å². The maximum atomic E-state index is 10.7. The third kappa shape index (κ3) is 1.04. The van der Waals surface area contributed by atoms with Crippen LogP contribution >= 0.6 is 0 Å².